The first-order chi connectivity index (χ1) is 13.0. The van der Waals surface area contributed by atoms with Crippen molar-refractivity contribution >= 4 is 11.9 Å². The number of nitrogens with zero attached hydrogens (tertiary/aromatic N) is 2. The predicted molar refractivity (Wildman–Crippen MR) is 95.4 cm³/mol. The monoisotopic (exact) mass is 372 g/mol. The van der Waals surface area contributed by atoms with E-state index in [1.165, 1.54) is 12.1 Å². The van der Waals surface area contributed by atoms with Gasteiger partial charge in [-0.05, 0) is 50.3 Å². The summed E-state index contributed by atoms with van der Waals surface area (Å²) in [5, 5.41) is 4.15. The fourth-order valence-corrected chi connectivity index (χ4v) is 2.56. The summed E-state index contributed by atoms with van der Waals surface area (Å²) in [6.45, 7) is 4.47. The molecule has 0 fully saturated rings. The molecule has 5 nitrogen and oxygen atoms in total. The van der Waals surface area contributed by atoms with Gasteiger partial charge in [0.2, 0.25) is 0 Å². The molecule has 0 atom stereocenters. The Morgan fingerprint density at radius 3 is 2.81 bits per heavy atom. The average Bonchev–Trinajstić information content (AvgIpc) is 3.25. The van der Waals surface area contributed by atoms with Crippen LogP contribution in [-0.2, 0) is 13.2 Å². The molecule has 2 heterocycles. The fraction of sp³-hybridized carbons (Fsp3) is 0.200. The standard InChI is InChI=1S/C20H18F2N2O3/c1-3-24-13(2)17(11-23-24)19(25)8-7-15-5-6-16(27-15)12-26-20-9-4-14(21)10-18(20)22/h4-11H,3,12H2,1-2H3. The lowest BCUT2D eigenvalue weighted by Gasteiger charge is -2.05. The molecule has 7 heteroatoms. The third kappa shape index (κ3) is 4.31. The summed E-state index contributed by atoms with van der Waals surface area (Å²) in [7, 11) is 0. The molecule has 0 bridgehead atoms. The topological polar surface area (TPSA) is 57.3 Å². The molecule has 1 aromatic carbocycles. The number of hydrogen-bond donors (Lipinski definition) is 0. The van der Waals surface area contributed by atoms with Crippen LogP contribution in [0.2, 0.25) is 0 Å². The Labute approximate surface area is 154 Å². The smallest absolute Gasteiger partial charge is 0.189 e. The van der Waals surface area contributed by atoms with Crippen LogP contribution in [0.1, 0.15) is 34.5 Å². The maximum Gasteiger partial charge on any atom is 0.189 e. The van der Waals surface area contributed by atoms with Crippen molar-refractivity contribution in [2.24, 2.45) is 0 Å². The van der Waals surface area contributed by atoms with Crippen LogP contribution in [0.25, 0.3) is 6.08 Å². The number of ketones is 1. The maximum atomic E-state index is 13.5. The predicted octanol–water partition coefficient (Wildman–Crippen LogP) is 4.56. The minimum atomic E-state index is -0.782. The summed E-state index contributed by atoms with van der Waals surface area (Å²) in [4.78, 5) is 12.3. The second kappa shape index (κ2) is 7.99. The highest BCUT2D eigenvalue weighted by atomic mass is 19.1. The number of carbonyl (C=O) groups is 1. The highest BCUT2D eigenvalue weighted by Gasteiger charge is 2.11. The largest absolute Gasteiger partial charge is 0.483 e. The number of allylic oxidation sites excluding steroid dienone is 1. The number of aromatic nitrogens is 2. The molecule has 0 aliphatic rings. The lowest BCUT2D eigenvalue weighted by atomic mass is 10.1. The highest BCUT2D eigenvalue weighted by molar-refractivity contribution is 6.07. The zero-order valence-corrected chi connectivity index (χ0v) is 14.9. The lowest BCUT2D eigenvalue weighted by molar-refractivity contribution is 0.104. The van der Waals surface area contributed by atoms with E-state index in [-0.39, 0.29) is 18.1 Å². The number of furan rings is 1. The van der Waals surface area contributed by atoms with Crippen molar-refractivity contribution in [3.63, 3.8) is 0 Å². The van der Waals surface area contributed by atoms with Gasteiger partial charge in [-0.3, -0.25) is 9.48 Å². The second-order valence-corrected chi connectivity index (χ2v) is 5.82. The molecule has 3 rings (SSSR count). The summed E-state index contributed by atoms with van der Waals surface area (Å²) in [5.74, 6) is -0.786. The Morgan fingerprint density at radius 1 is 1.30 bits per heavy atom. The molecule has 0 radical (unpaired) electrons. The molecule has 0 aliphatic carbocycles. The van der Waals surface area contributed by atoms with E-state index in [1.807, 2.05) is 13.8 Å². The number of aryl methyl sites for hydroxylation is 1. The Bertz CT molecular complexity index is 989. The van der Waals surface area contributed by atoms with Crippen LogP contribution < -0.4 is 4.74 Å². The van der Waals surface area contributed by atoms with Gasteiger partial charge < -0.3 is 9.15 Å². The van der Waals surface area contributed by atoms with Crippen molar-refractivity contribution in [2.75, 3.05) is 0 Å². The molecule has 2 aromatic heterocycles. The average molecular weight is 372 g/mol. The van der Waals surface area contributed by atoms with Crippen LogP contribution >= 0.6 is 0 Å². The van der Waals surface area contributed by atoms with Gasteiger partial charge in [0.05, 0.1) is 11.8 Å². The van der Waals surface area contributed by atoms with Crippen molar-refractivity contribution in [3.05, 3.63) is 77.0 Å². The van der Waals surface area contributed by atoms with Crippen LogP contribution in [0.5, 0.6) is 5.75 Å². The summed E-state index contributed by atoms with van der Waals surface area (Å²) < 4.78 is 39.0. The van der Waals surface area contributed by atoms with Gasteiger partial charge in [0.15, 0.2) is 17.3 Å². The first kappa shape index (κ1) is 18.6. The van der Waals surface area contributed by atoms with Gasteiger partial charge in [0.25, 0.3) is 0 Å². The van der Waals surface area contributed by atoms with Crippen molar-refractivity contribution in [2.45, 2.75) is 27.0 Å². The SMILES string of the molecule is CCn1ncc(C(=O)C=Cc2ccc(COc3ccc(F)cc3F)o2)c1C. The summed E-state index contributed by atoms with van der Waals surface area (Å²) in [6, 6.07) is 6.41. The molecule has 0 N–H and O–H groups in total. The van der Waals surface area contributed by atoms with Crippen molar-refractivity contribution in [1.29, 1.82) is 0 Å². The Morgan fingerprint density at radius 2 is 2.11 bits per heavy atom. The minimum Gasteiger partial charge on any atom is -0.483 e. The lowest BCUT2D eigenvalue weighted by Crippen LogP contribution is -2.01. The van der Waals surface area contributed by atoms with E-state index < -0.39 is 11.6 Å². The highest BCUT2D eigenvalue weighted by Crippen LogP contribution is 2.20. The number of benzene rings is 1. The normalized spacial score (nSPS) is 11.3. The first-order valence-electron chi connectivity index (χ1n) is 8.39. The number of hydrogen-bond acceptors (Lipinski definition) is 4. The van der Waals surface area contributed by atoms with Gasteiger partial charge in [-0.25, -0.2) is 8.78 Å². The van der Waals surface area contributed by atoms with Gasteiger partial charge in [-0.2, -0.15) is 5.10 Å². The summed E-state index contributed by atoms with van der Waals surface area (Å²) >= 11 is 0. The summed E-state index contributed by atoms with van der Waals surface area (Å²) in [5.41, 5.74) is 1.34. The molecule has 0 saturated heterocycles. The molecule has 0 saturated carbocycles. The zero-order chi connectivity index (χ0) is 19.4. The Hall–Kier alpha value is -3.22. The number of carbonyl (C=O) groups excluding carboxylic acids is 1. The fourth-order valence-electron chi connectivity index (χ4n) is 2.56. The van der Waals surface area contributed by atoms with Crippen molar-refractivity contribution < 1.29 is 22.7 Å². The van der Waals surface area contributed by atoms with Gasteiger partial charge in [-0.15, -0.1) is 0 Å². The first-order valence-corrected chi connectivity index (χ1v) is 8.39. The maximum absolute atomic E-state index is 13.5. The molecule has 0 spiro atoms. The van der Waals surface area contributed by atoms with Crippen LogP contribution in [0.15, 0.2) is 47.0 Å². The van der Waals surface area contributed by atoms with E-state index in [9.17, 15) is 13.6 Å². The zero-order valence-electron chi connectivity index (χ0n) is 14.9. The number of ether oxygens (including phenoxy) is 1. The minimum absolute atomic E-state index is 0.0211. The second-order valence-electron chi connectivity index (χ2n) is 5.82. The molecular weight excluding hydrogens is 354 g/mol. The molecule has 0 unspecified atom stereocenters. The van der Waals surface area contributed by atoms with E-state index in [2.05, 4.69) is 5.10 Å². The van der Waals surface area contributed by atoms with Crippen molar-refractivity contribution in [1.82, 2.24) is 9.78 Å². The molecule has 0 amide bonds. The van der Waals surface area contributed by atoms with Gasteiger partial charge in [-0.1, -0.05) is 0 Å². The van der Waals surface area contributed by atoms with Crippen LogP contribution in [-0.4, -0.2) is 15.6 Å². The van der Waals surface area contributed by atoms with E-state index in [1.54, 1.807) is 29.1 Å². The molecule has 140 valence electrons. The third-order valence-corrected chi connectivity index (χ3v) is 4.01. The van der Waals surface area contributed by atoms with E-state index in [0.29, 0.717) is 23.6 Å². The molecule has 0 aliphatic heterocycles. The van der Waals surface area contributed by atoms with Gasteiger partial charge in [0.1, 0.15) is 23.9 Å². The van der Waals surface area contributed by atoms with Crippen molar-refractivity contribution in [3.8, 4) is 5.75 Å². The number of halogens is 2. The number of rotatable bonds is 7. The molecular formula is C20H18F2N2O3. The van der Waals surface area contributed by atoms with Crippen LogP contribution in [0.4, 0.5) is 8.78 Å². The molecule has 3 aromatic rings. The quantitative estimate of drug-likeness (QED) is 0.451. The summed E-state index contributed by atoms with van der Waals surface area (Å²) in [6.07, 6.45) is 4.50. The van der Waals surface area contributed by atoms with Gasteiger partial charge >= 0.3 is 0 Å². The molecule has 27 heavy (non-hydrogen) atoms. The Balaban J connectivity index is 1.62. The van der Waals surface area contributed by atoms with E-state index in [4.69, 9.17) is 9.15 Å². The van der Waals surface area contributed by atoms with Crippen LogP contribution in [0, 0.1) is 18.6 Å². The third-order valence-electron chi connectivity index (χ3n) is 4.01. The van der Waals surface area contributed by atoms with E-state index in [0.717, 1.165) is 17.8 Å². The van der Waals surface area contributed by atoms with Gasteiger partial charge in [0, 0.05) is 18.3 Å². The Kier molecular flexibility index (Phi) is 5.49. The van der Waals surface area contributed by atoms with E-state index >= 15 is 0 Å². The van der Waals surface area contributed by atoms with Crippen LogP contribution in [0.3, 0.4) is 0 Å².